The molecule has 138 valence electrons. The molecule has 0 spiro atoms. The first-order valence-electron chi connectivity index (χ1n) is 8.75. The minimum Gasteiger partial charge on any atom is -0.494 e. The molecule has 26 heavy (non-hydrogen) atoms. The lowest BCUT2D eigenvalue weighted by atomic mass is 10.1. The molecule has 3 rings (SSSR count). The van der Waals surface area contributed by atoms with E-state index in [4.69, 9.17) is 21.1 Å². The molecule has 6 heteroatoms. The highest BCUT2D eigenvalue weighted by molar-refractivity contribution is 6.31. The summed E-state index contributed by atoms with van der Waals surface area (Å²) in [6.45, 7) is 7.38. The number of carbonyl (C=O) groups is 1. The van der Waals surface area contributed by atoms with Crippen LogP contribution in [0.1, 0.15) is 22.8 Å². The Labute approximate surface area is 158 Å². The summed E-state index contributed by atoms with van der Waals surface area (Å²) in [4.78, 5) is 14.9. The molecule has 0 unspecified atom stereocenters. The van der Waals surface area contributed by atoms with Crippen LogP contribution < -0.4 is 15.0 Å². The second-order valence-corrected chi connectivity index (χ2v) is 6.56. The Balaban J connectivity index is 1.82. The number of hydrogen-bond donors (Lipinski definition) is 1. The molecule has 0 bridgehead atoms. The van der Waals surface area contributed by atoms with Crippen LogP contribution in [0, 0.1) is 6.92 Å². The molecule has 0 aliphatic carbocycles. The number of halogens is 1. The van der Waals surface area contributed by atoms with Gasteiger partial charge >= 0.3 is 0 Å². The highest BCUT2D eigenvalue weighted by Crippen LogP contribution is 2.30. The predicted molar refractivity (Wildman–Crippen MR) is 105 cm³/mol. The third-order valence-electron chi connectivity index (χ3n) is 4.30. The Morgan fingerprint density at radius 2 is 2.00 bits per heavy atom. The lowest BCUT2D eigenvalue weighted by Crippen LogP contribution is -2.36. The summed E-state index contributed by atoms with van der Waals surface area (Å²) in [5.74, 6) is 0.619. The van der Waals surface area contributed by atoms with Gasteiger partial charge in [-0.1, -0.05) is 11.6 Å². The first-order valence-corrected chi connectivity index (χ1v) is 9.13. The number of nitrogens with zero attached hydrogens (tertiary/aromatic N) is 1. The molecule has 1 amide bonds. The van der Waals surface area contributed by atoms with Crippen LogP contribution in [0.5, 0.6) is 5.75 Å². The monoisotopic (exact) mass is 374 g/mol. The number of benzene rings is 2. The number of ether oxygens (including phenoxy) is 2. The molecule has 1 heterocycles. The van der Waals surface area contributed by atoms with Gasteiger partial charge in [-0.15, -0.1) is 0 Å². The summed E-state index contributed by atoms with van der Waals surface area (Å²) in [5.41, 5.74) is 3.17. The van der Waals surface area contributed by atoms with Crippen LogP contribution in [0.25, 0.3) is 0 Å². The molecule has 1 N–H and O–H groups in total. The number of nitrogens with one attached hydrogen (secondary N) is 1. The van der Waals surface area contributed by atoms with E-state index < -0.39 is 0 Å². The largest absolute Gasteiger partial charge is 0.494 e. The molecule has 2 aromatic rings. The zero-order valence-corrected chi connectivity index (χ0v) is 15.8. The lowest BCUT2D eigenvalue weighted by Gasteiger charge is -2.30. The van der Waals surface area contributed by atoms with E-state index in [0.717, 1.165) is 30.1 Å². The van der Waals surface area contributed by atoms with E-state index in [0.29, 0.717) is 36.1 Å². The summed E-state index contributed by atoms with van der Waals surface area (Å²) < 4.78 is 10.9. The Morgan fingerprint density at radius 3 is 2.69 bits per heavy atom. The maximum absolute atomic E-state index is 12.7. The Hall–Kier alpha value is -2.24. The van der Waals surface area contributed by atoms with E-state index in [2.05, 4.69) is 10.2 Å². The molecule has 0 aromatic heterocycles. The molecule has 1 aliphatic heterocycles. The molecule has 1 aliphatic rings. The summed E-state index contributed by atoms with van der Waals surface area (Å²) in [6.07, 6.45) is 0. The molecule has 1 saturated heterocycles. The van der Waals surface area contributed by atoms with Gasteiger partial charge < -0.3 is 19.7 Å². The van der Waals surface area contributed by atoms with Gasteiger partial charge in [0.15, 0.2) is 0 Å². The normalized spacial score (nSPS) is 14.2. The van der Waals surface area contributed by atoms with E-state index in [9.17, 15) is 4.79 Å². The standard InChI is InChI=1S/C20H23ClN2O3/c1-3-26-19-7-4-15(12-14(19)2)20(24)22-17-13-16(21)5-6-18(17)23-8-10-25-11-9-23/h4-7,12-13H,3,8-11H2,1-2H3,(H,22,24). The minimum atomic E-state index is -0.173. The molecular formula is C20H23ClN2O3. The Bertz CT molecular complexity index is 789. The van der Waals surface area contributed by atoms with Crippen molar-refractivity contribution in [3.05, 3.63) is 52.5 Å². The van der Waals surface area contributed by atoms with Gasteiger partial charge in [0.1, 0.15) is 5.75 Å². The second-order valence-electron chi connectivity index (χ2n) is 6.13. The number of amides is 1. The van der Waals surface area contributed by atoms with E-state index >= 15 is 0 Å². The first-order chi connectivity index (χ1) is 12.6. The van der Waals surface area contributed by atoms with Crippen LogP contribution in [-0.4, -0.2) is 38.8 Å². The van der Waals surface area contributed by atoms with Crippen molar-refractivity contribution in [2.75, 3.05) is 43.1 Å². The number of carbonyl (C=O) groups excluding carboxylic acids is 1. The summed E-state index contributed by atoms with van der Waals surface area (Å²) in [5, 5.41) is 3.58. The quantitative estimate of drug-likeness (QED) is 0.854. The molecule has 1 fully saturated rings. The van der Waals surface area contributed by atoms with Crippen molar-refractivity contribution in [1.82, 2.24) is 0 Å². The second kappa shape index (κ2) is 8.43. The highest BCUT2D eigenvalue weighted by atomic mass is 35.5. The third kappa shape index (κ3) is 4.29. The van der Waals surface area contributed by atoms with Crippen molar-refractivity contribution in [3.8, 4) is 5.75 Å². The van der Waals surface area contributed by atoms with Gasteiger partial charge in [-0.3, -0.25) is 4.79 Å². The number of morpholine rings is 1. The van der Waals surface area contributed by atoms with Gasteiger partial charge in [-0.05, 0) is 55.8 Å². The van der Waals surface area contributed by atoms with Gasteiger partial charge in [0, 0.05) is 23.7 Å². The fraction of sp³-hybridized carbons (Fsp3) is 0.350. The van der Waals surface area contributed by atoms with Gasteiger partial charge in [-0.2, -0.15) is 0 Å². The van der Waals surface area contributed by atoms with Crippen molar-refractivity contribution < 1.29 is 14.3 Å². The maximum Gasteiger partial charge on any atom is 0.255 e. The average molecular weight is 375 g/mol. The van der Waals surface area contributed by atoms with E-state index in [1.54, 1.807) is 12.1 Å². The SMILES string of the molecule is CCOc1ccc(C(=O)Nc2cc(Cl)ccc2N2CCOCC2)cc1C. The molecule has 0 radical (unpaired) electrons. The van der Waals surface area contributed by atoms with E-state index in [1.807, 2.05) is 38.1 Å². The number of aryl methyl sites for hydroxylation is 1. The van der Waals surface area contributed by atoms with Crippen LogP contribution in [0.15, 0.2) is 36.4 Å². The van der Waals surface area contributed by atoms with Crippen LogP contribution >= 0.6 is 11.6 Å². The lowest BCUT2D eigenvalue weighted by molar-refractivity contribution is 0.102. The highest BCUT2D eigenvalue weighted by Gasteiger charge is 2.17. The Morgan fingerprint density at radius 1 is 1.23 bits per heavy atom. The van der Waals surface area contributed by atoms with Crippen LogP contribution in [-0.2, 0) is 4.74 Å². The summed E-state index contributed by atoms with van der Waals surface area (Å²) >= 11 is 6.15. The molecule has 0 saturated carbocycles. The number of rotatable bonds is 5. The van der Waals surface area contributed by atoms with Gasteiger partial charge in [-0.25, -0.2) is 0 Å². The van der Waals surface area contributed by atoms with Gasteiger partial charge in [0.05, 0.1) is 31.2 Å². The fourth-order valence-electron chi connectivity index (χ4n) is 2.99. The van der Waals surface area contributed by atoms with E-state index in [1.165, 1.54) is 0 Å². The van der Waals surface area contributed by atoms with Crippen LogP contribution in [0.3, 0.4) is 0 Å². The van der Waals surface area contributed by atoms with Crippen molar-refractivity contribution in [1.29, 1.82) is 0 Å². The van der Waals surface area contributed by atoms with Crippen molar-refractivity contribution in [2.24, 2.45) is 0 Å². The zero-order valence-electron chi connectivity index (χ0n) is 15.0. The topological polar surface area (TPSA) is 50.8 Å². The van der Waals surface area contributed by atoms with Crippen molar-refractivity contribution >= 4 is 28.9 Å². The van der Waals surface area contributed by atoms with Gasteiger partial charge in [0.25, 0.3) is 5.91 Å². The summed E-state index contributed by atoms with van der Waals surface area (Å²) in [7, 11) is 0. The molecule has 0 atom stereocenters. The predicted octanol–water partition coefficient (Wildman–Crippen LogP) is 4.14. The van der Waals surface area contributed by atoms with Crippen molar-refractivity contribution in [2.45, 2.75) is 13.8 Å². The smallest absolute Gasteiger partial charge is 0.255 e. The zero-order chi connectivity index (χ0) is 18.5. The van der Waals surface area contributed by atoms with Gasteiger partial charge in [0.2, 0.25) is 0 Å². The van der Waals surface area contributed by atoms with Crippen LogP contribution in [0.4, 0.5) is 11.4 Å². The fourth-order valence-corrected chi connectivity index (χ4v) is 3.16. The maximum atomic E-state index is 12.7. The first kappa shape index (κ1) is 18.5. The molecule has 2 aromatic carbocycles. The number of hydrogen-bond acceptors (Lipinski definition) is 4. The third-order valence-corrected chi connectivity index (χ3v) is 4.53. The van der Waals surface area contributed by atoms with E-state index in [-0.39, 0.29) is 5.91 Å². The number of anilines is 2. The minimum absolute atomic E-state index is 0.173. The van der Waals surface area contributed by atoms with Crippen LogP contribution in [0.2, 0.25) is 5.02 Å². The van der Waals surface area contributed by atoms with Crippen molar-refractivity contribution in [3.63, 3.8) is 0 Å². The summed E-state index contributed by atoms with van der Waals surface area (Å²) in [6, 6.07) is 11.0. The Kier molecular flexibility index (Phi) is 6.01. The molecular weight excluding hydrogens is 352 g/mol. The molecule has 5 nitrogen and oxygen atoms in total. The average Bonchev–Trinajstić information content (AvgIpc) is 2.64.